The lowest BCUT2D eigenvalue weighted by Crippen LogP contribution is -2.59. The van der Waals surface area contributed by atoms with E-state index in [1.54, 1.807) is 0 Å². The van der Waals surface area contributed by atoms with Crippen LogP contribution in [0.15, 0.2) is 34.6 Å². The molecule has 0 radical (unpaired) electrons. The maximum Gasteiger partial charge on any atom is 0.248 e. The normalized spacial score (nSPS) is 30.3. The molecule has 2 saturated carbocycles. The third-order valence-electron chi connectivity index (χ3n) is 8.92. The Balaban J connectivity index is 1.17. The van der Waals surface area contributed by atoms with E-state index in [1.165, 1.54) is 29.7 Å². The van der Waals surface area contributed by atoms with Crippen molar-refractivity contribution in [3.05, 3.63) is 45.7 Å². The smallest absolute Gasteiger partial charge is 0.248 e. The number of hydrogen-bond acceptors (Lipinski definition) is 5. The van der Waals surface area contributed by atoms with E-state index in [0.717, 1.165) is 36.6 Å². The summed E-state index contributed by atoms with van der Waals surface area (Å²) < 4.78 is 1.12. The number of nitrogens with zero attached hydrogens (tertiary/aromatic N) is 3. The maximum absolute atomic E-state index is 14.1. The number of likely N-dealkylation sites (tertiary alicyclic amines) is 1. The first-order chi connectivity index (χ1) is 17.1. The molecular weight excluding hydrogens is 518 g/mol. The molecule has 7 nitrogen and oxygen atoms in total. The molecule has 36 heavy (non-hydrogen) atoms. The molecule has 1 spiro atoms. The fourth-order valence-electron chi connectivity index (χ4n) is 6.77. The quantitative estimate of drug-likeness (QED) is 0.577. The number of benzene rings is 1. The molecule has 1 saturated heterocycles. The van der Waals surface area contributed by atoms with Gasteiger partial charge >= 0.3 is 0 Å². The molecule has 3 fully saturated rings. The molecule has 3 unspecified atom stereocenters. The van der Waals surface area contributed by atoms with Crippen molar-refractivity contribution in [2.45, 2.75) is 89.3 Å². The highest BCUT2D eigenvalue weighted by molar-refractivity contribution is 9.10. The second-order valence-corrected chi connectivity index (χ2v) is 13.5. The molecule has 0 aromatic heterocycles. The summed E-state index contributed by atoms with van der Waals surface area (Å²) in [6.45, 7) is 6.98. The summed E-state index contributed by atoms with van der Waals surface area (Å²) in [7, 11) is 1.97. The number of amides is 2. The van der Waals surface area contributed by atoms with Gasteiger partial charge in [-0.2, -0.15) is 0 Å². The van der Waals surface area contributed by atoms with Crippen molar-refractivity contribution < 1.29 is 9.59 Å². The Labute approximate surface area is 222 Å². The van der Waals surface area contributed by atoms with Gasteiger partial charge < -0.3 is 15.6 Å². The van der Waals surface area contributed by atoms with Crippen LogP contribution in [-0.2, 0) is 21.4 Å². The molecule has 5 aliphatic rings. The van der Waals surface area contributed by atoms with Crippen molar-refractivity contribution >= 4 is 27.7 Å². The topological polar surface area (TPSA) is 67.9 Å². The average molecular weight is 557 g/mol. The minimum atomic E-state index is -0.390. The molecule has 3 aliphatic carbocycles. The number of nitrogens with one attached hydrogen (secondary N) is 2. The lowest BCUT2D eigenvalue weighted by atomic mass is 9.85. The zero-order valence-corrected chi connectivity index (χ0v) is 23.4. The monoisotopic (exact) mass is 555 g/mol. The Kier molecular flexibility index (Phi) is 5.72. The van der Waals surface area contributed by atoms with Gasteiger partial charge in [0.25, 0.3) is 0 Å². The number of fused-ring (bicyclic) bond motifs is 2. The van der Waals surface area contributed by atoms with Gasteiger partial charge in [0.2, 0.25) is 11.8 Å². The van der Waals surface area contributed by atoms with Gasteiger partial charge in [-0.3, -0.25) is 14.6 Å². The Morgan fingerprint density at radius 2 is 2.00 bits per heavy atom. The molecule has 2 aliphatic heterocycles. The summed E-state index contributed by atoms with van der Waals surface area (Å²) in [6.07, 6.45) is 9.27. The summed E-state index contributed by atoms with van der Waals surface area (Å²) in [5.41, 5.74) is 7.21. The predicted molar refractivity (Wildman–Crippen MR) is 142 cm³/mol. The predicted octanol–water partition coefficient (Wildman–Crippen LogP) is 3.85. The molecule has 4 atom stereocenters. The molecule has 6 rings (SSSR count). The lowest BCUT2D eigenvalue weighted by Gasteiger charge is -2.42. The van der Waals surface area contributed by atoms with Crippen LogP contribution in [0.4, 0.5) is 0 Å². The van der Waals surface area contributed by atoms with Crippen LogP contribution in [0.3, 0.4) is 0 Å². The van der Waals surface area contributed by atoms with E-state index in [1.807, 2.05) is 22.1 Å². The van der Waals surface area contributed by atoms with Gasteiger partial charge in [0, 0.05) is 47.3 Å². The number of hydrogen-bond donors (Lipinski definition) is 2. The van der Waals surface area contributed by atoms with E-state index in [9.17, 15) is 9.59 Å². The molecule has 194 valence electrons. The highest BCUT2D eigenvalue weighted by atomic mass is 79.9. The van der Waals surface area contributed by atoms with Crippen LogP contribution in [0.2, 0.25) is 0 Å². The Hall–Kier alpha value is -2.06. The summed E-state index contributed by atoms with van der Waals surface area (Å²) >= 11 is 3.59. The second-order valence-electron chi connectivity index (χ2n) is 12.6. The molecular formula is C28H38BrN5O2. The number of hydrazine groups is 2. The lowest BCUT2D eigenvalue weighted by molar-refractivity contribution is -0.152. The van der Waals surface area contributed by atoms with Crippen molar-refractivity contribution in [3.8, 4) is 0 Å². The Morgan fingerprint density at radius 1 is 1.22 bits per heavy atom. The summed E-state index contributed by atoms with van der Waals surface area (Å²) in [5.74, 6) is 0.637. The summed E-state index contributed by atoms with van der Waals surface area (Å²) in [4.78, 5) is 29.5. The number of carbonyl (C=O) groups excluding carboxylic acids is 2. The maximum atomic E-state index is 14.1. The highest BCUT2D eigenvalue weighted by Gasteiger charge is 2.59. The minimum absolute atomic E-state index is 0.0167. The van der Waals surface area contributed by atoms with Crippen LogP contribution in [0, 0.1) is 11.3 Å². The van der Waals surface area contributed by atoms with Crippen molar-refractivity contribution in [3.63, 3.8) is 0 Å². The first kappa shape index (κ1) is 24.3. The molecule has 8 heteroatoms. The minimum Gasteiger partial charge on any atom is -0.351 e. The Morgan fingerprint density at radius 3 is 2.72 bits per heavy atom. The fourth-order valence-corrected chi connectivity index (χ4v) is 7.17. The standard InChI is InChI=1S/C28H38BrN5O2/c1-27(2,3)24(34-16-21(17-7-8-17)31-32(34)4)26(36)33-13-5-6-22(33)25(35)30-23-15-28(23)12-11-18-14-19(29)9-10-20(18)28/h9-10,14,16-17,22-24,31H,5-8,11-13,15H2,1-4H3,(H,30,35)/t22?,23?,24-,28?/m1/s1. The molecule has 0 bridgehead atoms. The van der Waals surface area contributed by atoms with Crippen LogP contribution in [0.25, 0.3) is 0 Å². The van der Waals surface area contributed by atoms with Gasteiger partial charge in [-0.1, -0.05) is 42.8 Å². The van der Waals surface area contributed by atoms with E-state index in [0.29, 0.717) is 12.5 Å². The second kappa shape index (κ2) is 8.48. The number of aryl methyl sites for hydroxylation is 1. The zero-order valence-electron chi connectivity index (χ0n) is 21.8. The first-order valence-corrected chi connectivity index (χ1v) is 14.3. The van der Waals surface area contributed by atoms with Gasteiger partial charge in [-0.15, -0.1) is 5.12 Å². The number of rotatable bonds is 5. The highest BCUT2D eigenvalue weighted by Crippen LogP contribution is 2.57. The van der Waals surface area contributed by atoms with Crippen molar-refractivity contribution in [1.82, 2.24) is 25.8 Å². The number of allylic oxidation sites excluding steroid dienone is 1. The van der Waals surface area contributed by atoms with Crippen LogP contribution in [-0.4, -0.2) is 58.6 Å². The van der Waals surface area contributed by atoms with Gasteiger partial charge in [0.05, 0.1) is 0 Å². The van der Waals surface area contributed by atoms with Crippen molar-refractivity contribution in [2.24, 2.45) is 11.3 Å². The summed E-state index contributed by atoms with van der Waals surface area (Å²) in [6, 6.07) is 5.95. The Bertz CT molecular complexity index is 1130. The van der Waals surface area contributed by atoms with Crippen LogP contribution >= 0.6 is 15.9 Å². The van der Waals surface area contributed by atoms with E-state index >= 15 is 0 Å². The van der Waals surface area contributed by atoms with Crippen molar-refractivity contribution in [2.75, 3.05) is 13.6 Å². The van der Waals surface area contributed by atoms with E-state index in [2.05, 4.69) is 71.8 Å². The third-order valence-corrected chi connectivity index (χ3v) is 9.41. The van der Waals surface area contributed by atoms with Gasteiger partial charge in [-0.05, 0) is 73.6 Å². The van der Waals surface area contributed by atoms with Crippen LogP contribution in [0.5, 0.6) is 0 Å². The molecule has 1 aromatic rings. The van der Waals surface area contributed by atoms with E-state index < -0.39 is 6.04 Å². The summed E-state index contributed by atoms with van der Waals surface area (Å²) in [5, 5.41) is 7.35. The molecule has 2 heterocycles. The first-order valence-electron chi connectivity index (χ1n) is 13.5. The largest absolute Gasteiger partial charge is 0.351 e. The van der Waals surface area contributed by atoms with Gasteiger partial charge in [-0.25, -0.2) is 0 Å². The molecule has 1 aromatic carbocycles. The third kappa shape index (κ3) is 4.05. The average Bonchev–Trinajstić information content (AvgIpc) is 3.62. The van der Waals surface area contributed by atoms with Crippen LogP contribution in [0.1, 0.15) is 70.4 Å². The van der Waals surface area contributed by atoms with E-state index in [-0.39, 0.29) is 34.7 Å². The van der Waals surface area contributed by atoms with Crippen LogP contribution < -0.4 is 10.7 Å². The fraction of sp³-hybridized carbons (Fsp3) is 0.643. The van der Waals surface area contributed by atoms with Gasteiger partial charge in [0.15, 0.2) is 0 Å². The van der Waals surface area contributed by atoms with Gasteiger partial charge in [0.1, 0.15) is 12.1 Å². The van der Waals surface area contributed by atoms with Crippen molar-refractivity contribution in [1.29, 1.82) is 0 Å². The zero-order chi connectivity index (χ0) is 25.4. The molecule has 2 amide bonds. The molecule has 2 N–H and O–H groups in total. The number of halogens is 1. The SMILES string of the molecule is CN1NC(C2CC2)=CN1[C@H](C(=O)N1CCCC1C(=O)NC1CC12CCc1cc(Br)ccc12)C(C)(C)C. The van der Waals surface area contributed by atoms with E-state index in [4.69, 9.17) is 0 Å². The number of carbonyl (C=O) groups is 2.